The summed E-state index contributed by atoms with van der Waals surface area (Å²) < 4.78 is 5.75. The maximum absolute atomic E-state index is 6.14. The molecule has 1 unspecified atom stereocenters. The highest BCUT2D eigenvalue weighted by atomic mass is 35.5. The second-order valence-electron chi connectivity index (χ2n) is 4.11. The fourth-order valence-electron chi connectivity index (χ4n) is 1.71. The Morgan fingerprint density at radius 1 is 1.11 bits per heavy atom. The molecule has 0 heterocycles. The Kier molecular flexibility index (Phi) is 4.24. The molecule has 0 spiro atoms. The van der Waals surface area contributed by atoms with Crippen molar-refractivity contribution < 1.29 is 4.74 Å². The summed E-state index contributed by atoms with van der Waals surface area (Å²) in [6.07, 6.45) is 0.842. The minimum Gasteiger partial charge on any atom is -0.457 e. The third-order valence-corrected chi connectivity index (χ3v) is 3.13. The van der Waals surface area contributed by atoms with Crippen molar-refractivity contribution in [2.75, 3.05) is 0 Å². The lowest BCUT2D eigenvalue weighted by molar-refractivity contribution is 0.481. The van der Waals surface area contributed by atoms with Crippen LogP contribution in [-0.4, -0.2) is 0 Å². The van der Waals surface area contributed by atoms with Gasteiger partial charge >= 0.3 is 0 Å². The van der Waals surface area contributed by atoms with Gasteiger partial charge in [0.1, 0.15) is 11.5 Å². The van der Waals surface area contributed by atoms with Crippen LogP contribution in [0.2, 0.25) is 5.02 Å². The monoisotopic (exact) mass is 261 g/mol. The van der Waals surface area contributed by atoms with Gasteiger partial charge in [-0.2, -0.15) is 0 Å². The fourth-order valence-corrected chi connectivity index (χ4v) is 1.97. The maximum Gasteiger partial charge on any atom is 0.127 e. The second-order valence-corrected chi connectivity index (χ2v) is 4.52. The summed E-state index contributed by atoms with van der Waals surface area (Å²) in [6.45, 7) is 2.03. The van der Waals surface area contributed by atoms with Gasteiger partial charge in [-0.1, -0.05) is 36.7 Å². The molecule has 2 rings (SSSR count). The van der Waals surface area contributed by atoms with Crippen molar-refractivity contribution in [1.29, 1.82) is 0 Å². The van der Waals surface area contributed by atoms with Gasteiger partial charge in [0.05, 0.1) is 0 Å². The first kappa shape index (κ1) is 12.9. The second kappa shape index (κ2) is 5.89. The average molecular weight is 262 g/mol. The minimum atomic E-state index is -0.0585. The largest absolute Gasteiger partial charge is 0.457 e. The van der Waals surface area contributed by atoms with Crippen molar-refractivity contribution in [3.05, 3.63) is 59.1 Å². The highest BCUT2D eigenvalue weighted by Crippen LogP contribution is 2.30. The quantitative estimate of drug-likeness (QED) is 0.877. The summed E-state index contributed by atoms with van der Waals surface area (Å²) in [5.74, 6) is 1.56. The van der Waals surface area contributed by atoms with Gasteiger partial charge in [0.2, 0.25) is 0 Å². The zero-order valence-corrected chi connectivity index (χ0v) is 11.0. The van der Waals surface area contributed by atoms with Gasteiger partial charge in [-0.25, -0.2) is 0 Å². The number of nitrogens with two attached hydrogens (primary N) is 1. The molecule has 1 atom stereocenters. The van der Waals surface area contributed by atoms with Crippen molar-refractivity contribution in [1.82, 2.24) is 0 Å². The van der Waals surface area contributed by atoms with Crippen LogP contribution in [0.1, 0.15) is 24.9 Å². The molecule has 0 saturated carbocycles. The molecule has 18 heavy (non-hydrogen) atoms. The Hall–Kier alpha value is -1.51. The van der Waals surface area contributed by atoms with E-state index < -0.39 is 0 Å². The first-order valence-electron chi connectivity index (χ1n) is 5.98. The van der Waals surface area contributed by atoms with Gasteiger partial charge in [0, 0.05) is 11.1 Å². The zero-order chi connectivity index (χ0) is 13.0. The summed E-state index contributed by atoms with van der Waals surface area (Å²) >= 11 is 6.14. The molecule has 0 aromatic heterocycles. The Labute approximate surface area is 112 Å². The van der Waals surface area contributed by atoms with Gasteiger partial charge < -0.3 is 10.5 Å². The van der Waals surface area contributed by atoms with Crippen LogP contribution in [-0.2, 0) is 0 Å². The summed E-state index contributed by atoms with van der Waals surface area (Å²) in [4.78, 5) is 0. The summed E-state index contributed by atoms with van der Waals surface area (Å²) in [5, 5.41) is 0.685. The SMILES string of the molecule is CCC(N)c1cc(Oc2ccccc2)ccc1Cl. The molecule has 2 nitrogen and oxygen atoms in total. The van der Waals surface area contributed by atoms with Crippen molar-refractivity contribution in [3.8, 4) is 11.5 Å². The molecular weight excluding hydrogens is 246 g/mol. The van der Waals surface area contributed by atoms with E-state index in [-0.39, 0.29) is 6.04 Å². The molecule has 2 N–H and O–H groups in total. The van der Waals surface area contributed by atoms with Crippen LogP contribution in [0.3, 0.4) is 0 Å². The molecule has 2 aromatic carbocycles. The minimum absolute atomic E-state index is 0.0585. The molecule has 2 aromatic rings. The number of benzene rings is 2. The average Bonchev–Trinajstić information content (AvgIpc) is 2.41. The molecule has 0 bridgehead atoms. The molecule has 0 amide bonds. The van der Waals surface area contributed by atoms with Crippen molar-refractivity contribution in [3.63, 3.8) is 0 Å². The van der Waals surface area contributed by atoms with E-state index in [0.29, 0.717) is 5.02 Å². The molecule has 0 aliphatic rings. The van der Waals surface area contributed by atoms with Crippen LogP contribution in [0.5, 0.6) is 11.5 Å². The van der Waals surface area contributed by atoms with Crippen molar-refractivity contribution >= 4 is 11.6 Å². The zero-order valence-electron chi connectivity index (χ0n) is 10.3. The maximum atomic E-state index is 6.14. The molecule has 0 aliphatic heterocycles. The highest BCUT2D eigenvalue weighted by molar-refractivity contribution is 6.31. The smallest absolute Gasteiger partial charge is 0.127 e. The molecular formula is C15H16ClNO. The number of ether oxygens (including phenoxy) is 1. The Morgan fingerprint density at radius 2 is 1.83 bits per heavy atom. The molecule has 0 fully saturated rings. The topological polar surface area (TPSA) is 35.2 Å². The number of hydrogen-bond donors (Lipinski definition) is 1. The van der Waals surface area contributed by atoms with Gasteiger partial charge in [0.25, 0.3) is 0 Å². The van der Waals surface area contributed by atoms with Gasteiger partial charge in [-0.05, 0) is 42.3 Å². The molecule has 0 radical (unpaired) electrons. The predicted octanol–water partition coefficient (Wildman–Crippen LogP) is 4.54. The molecule has 0 aliphatic carbocycles. The standard InChI is InChI=1S/C15H16ClNO/c1-2-15(17)13-10-12(8-9-14(13)16)18-11-6-4-3-5-7-11/h3-10,15H,2,17H2,1H3. The van der Waals surface area contributed by atoms with Gasteiger partial charge in [-0.3, -0.25) is 0 Å². The van der Waals surface area contributed by atoms with Crippen molar-refractivity contribution in [2.24, 2.45) is 5.73 Å². The Balaban J connectivity index is 2.25. The molecule has 0 saturated heterocycles. The normalized spacial score (nSPS) is 12.2. The van der Waals surface area contributed by atoms with Crippen LogP contribution >= 0.6 is 11.6 Å². The summed E-state index contributed by atoms with van der Waals surface area (Å²) in [6, 6.07) is 15.2. The van der Waals surface area contributed by atoms with E-state index in [4.69, 9.17) is 22.1 Å². The summed E-state index contributed by atoms with van der Waals surface area (Å²) in [7, 11) is 0. The molecule has 3 heteroatoms. The van der Waals surface area contributed by atoms with E-state index in [1.807, 2.05) is 55.5 Å². The molecule has 94 valence electrons. The van der Waals surface area contributed by atoms with E-state index in [0.717, 1.165) is 23.5 Å². The van der Waals surface area contributed by atoms with Crippen LogP contribution in [0.25, 0.3) is 0 Å². The van der Waals surface area contributed by atoms with E-state index in [1.165, 1.54) is 0 Å². The van der Waals surface area contributed by atoms with Crippen LogP contribution in [0.4, 0.5) is 0 Å². The van der Waals surface area contributed by atoms with E-state index in [1.54, 1.807) is 0 Å². The number of halogens is 1. The van der Waals surface area contributed by atoms with Crippen LogP contribution in [0, 0.1) is 0 Å². The van der Waals surface area contributed by atoms with Gasteiger partial charge in [-0.15, -0.1) is 0 Å². The van der Waals surface area contributed by atoms with Crippen molar-refractivity contribution in [2.45, 2.75) is 19.4 Å². The number of hydrogen-bond acceptors (Lipinski definition) is 2. The van der Waals surface area contributed by atoms with E-state index >= 15 is 0 Å². The Morgan fingerprint density at radius 3 is 2.50 bits per heavy atom. The van der Waals surface area contributed by atoms with Crippen LogP contribution < -0.4 is 10.5 Å². The first-order chi connectivity index (χ1) is 8.70. The third kappa shape index (κ3) is 3.03. The van der Waals surface area contributed by atoms with Gasteiger partial charge in [0.15, 0.2) is 0 Å². The number of para-hydroxylation sites is 1. The van der Waals surface area contributed by atoms with E-state index in [2.05, 4.69) is 0 Å². The number of rotatable bonds is 4. The summed E-state index contributed by atoms with van der Waals surface area (Å²) in [5.41, 5.74) is 6.94. The predicted molar refractivity (Wildman–Crippen MR) is 75.2 cm³/mol. The lowest BCUT2D eigenvalue weighted by Gasteiger charge is -2.13. The third-order valence-electron chi connectivity index (χ3n) is 2.79. The fraction of sp³-hybridized carbons (Fsp3) is 0.200. The first-order valence-corrected chi connectivity index (χ1v) is 6.36. The van der Waals surface area contributed by atoms with Crippen LogP contribution in [0.15, 0.2) is 48.5 Å². The Bertz CT molecular complexity index is 513. The lowest BCUT2D eigenvalue weighted by atomic mass is 10.1. The van der Waals surface area contributed by atoms with E-state index in [9.17, 15) is 0 Å². The lowest BCUT2D eigenvalue weighted by Crippen LogP contribution is -2.09. The highest BCUT2D eigenvalue weighted by Gasteiger charge is 2.10.